The van der Waals surface area contributed by atoms with Crippen molar-refractivity contribution in [2.75, 3.05) is 5.88 Å². The van der Waals surface area contributed by atoms with Gasteiger partial charge in [0.15, 0.2) is 0 Å². The van der Waals surface area contributed by atoms with Gasteiger partial charge in [-0.25, -0.2) is 4.79 Å². The predicted molar refractivity (Wildman–Crippen MR) is 65.6 cm³/mol. The van der Waals surface area contributed by atoms with E-state index >= 15 is 0 Å². The molecule has 0 bridgehead atoms. The number of allylic oxidation sites excluding steroid dienone is 2. The third kappa shape index (κ3) is 5.98. The number of aliphatic hydroxyl groups excluding tert-OH is 1. The van der Waals surface area contributed by atoms with Crippen molar-refractivity contribution >= 4 is 17.6 Å². The molecule has 0 unspecified atom stereocenters. The maximum atomic E-state index is 11.6. The van der Waals surface area contributed by atoms with Crippen molar-refractivity contribution in [1.82, 2.24) is 0 Å². The zero-order valence-electron chi connectivity index (χ0n) is 10.2. The average Bonchev–Trinajstić information content (AvgIpc) is 2.21. The molecule has 0 aliphatic rings. The molecule has 0 aromatic rings. The minimum Gasteiger partial charge on any atom is -0.510 e. The monoisotopic (exact) mass is 257 g/mol. The molecule has 17 heavy (non-hydrogen) atoms. The highest BCUT2D eigenvalue weighted by Crippen LogP contribution is 2.17. The number of carbonyl (C=O) groups is 1. The van der Waals surface area contributed by atoms with Crippen molar-refractivity contribution < 1.29 is 14.6 Å². The second kappa shape index (κ2) is 6.31. The molecule has 0 saturated carbocycles. The first kappa shape index (κ1) is 15.5. The van der Waals surface area contributed by atoms with E-state index in [9.17, 15) is 9.90 Å². The Balaban J connectivity index is 4.67. The Hall–Kier alpha value is -1.47. The number of hydrogen-bond donors (Lipinski definition) is 1. The second-order valence-electron chi connectivity index (χ2n) is 4.45. The molecule has 94 valence electrons. The maximum Gasteiger partial charge on any atom is 0.334 e. The molecule has 0 aromatic heterocycles. The van der Waals surface area contributed by atoms with Gasteiger partial charge in [-0.2, -0.15) is 5.26 Å². The first-order valence-electron chi connectivity index (χ1n) is 4.99. The molecule has 0 atom stereocenters. The minimum atomic E-state index is -0.620. The zero-order chi connectivity index (χ0) is 13.6. The van der Waals surface area contributed by atoms with Crippen molar-refractivity contribution in [1.29, 1.82) is 5.26 Å². The third-order valence-corrected chi connectivity index (χ3v) is 1.94. The normalized spacial score (nSPS) is 12.4. The summed E-state index contributed by atoms with van der Waals surface area (Å²) in [7, 11) is 0. The topological polar surface area (TPSA) is 70.3 Å². The molecule has 0 spiro atoms. The van der Waals surface area contributed by atoms with Crippen LogP contribution in [0, 0.1) is 11.3 Å². The van der Waals surface area contributed by atoms with Crippen molar-refractivity contribution in [3.8, 4) is 6.07 Å². The molecule has 0 aromatic carbocycles. The van der Waals surface area contributed by atoms with Crippen molar-refractivity contribution in [3.63, 3.8) is 0 Å². The quantitative estimate of drug-likeness (QED) is 0.276. The van der Waals surface area contributed by atoms with Gasteiger partial charge in [-0.1, -0.05) is 6.58 Å². The summed E-state index contributed by atoms with van der Waals surface area (Å²) < 4.78 is 5.07. The lowest BCUT2D eigenvalue weighted by Crippen LogP contribution is -2.24. The van der Waals surface area contributed by atoms with E-state index < -0.39 is 11.6 Å². The van der Waals surface area contributed by atoms with Crippen molar-refractivity contribution in [2.45, 2.75) is 32.8 Å². The molecule has 0 radical (unpaired) electrons. The van der Waals surface area contributed by atoms with E-state index in [2.05, 4.69) is 6.58 Å². The maximum absolute atomic E-state index is 11.6. The summed E-state index contributed by atoms with van der Waals surface area (Å²) in [5.74, 6) is -1.02. The molecular formula is C12H16ClNO3. The van der Waals surface area contributed by atoms with E-state index in [0.717, 1.165) is 0 Å². The number of rotatable bonds is 4. The summed E-state index contributed by atoms with van der Waals surface area (Å²) in [4.78, 5) is 11.6. The van der Waals surface area contributed by atoms with Crippen LogP contribution in [0.4, 0.5) is 0 Å². The Morgan fingerprint density at radius 3 is 2.41 bits per heavy atom. The number of carbonyl (C=O) groups excluding carboxylic acids is 1. The van der Waals surface area contributed by atoms with Crippen LogP contribution in [0.25, 0.3) is 0 Å². The average molecular weight is 258 g/mol. The molecule has 0 fully saturated rings. The number of alkyl halides is 1. The van der Waals surface area contributed by atoms with E-state index in [-0.39, 0.29) is 29.2 Å². The number of esters is 1. The third-order valence-electron chi connectivity index (χ3n) is 1.69. The Bertz CT molecular complexity index is 386. The fourth-order valence-electron chi connectivity index (χ4n) is 0.923. The predicted octanol–water partition coefficient (Wildman–Crippen LogP) is 2.85. The van der Waals surface area contributed by atoms with Gasteiger partial charge in [0.1, 0.15) is 11.4 Å². The van der Waals surface area contributed by atoms with Crippen LogP contribution >= 0.6 is 11.6 Å². The number of aliphatic hydroxyl groups is 1. The summed E-state index contributed by atoms with van der Waals surface area (Å²) >= 11 is 5.39. The van der Waals surface area contributed by atoms with Gasteiger partial charge in [0.2, 0.25) is 0 Å². The number of nitriles is 1. The molecule has 0 heterocycles. The highest BCUT2D eigenvalue weighted by Gasteiger charge is 2.20. The van der Waals surface area contributed by atoms with Crippen LogP contribution in [0.2, 0.25) is 0 Å². The number of ether oxygens (including phenoxy) is 1. The Labute approximate surface area is 106 Å². The molecular weight excluding hydrogens is 242 g/mol. The fraction of sp³-hybridized carbons (Fsp3) is 0.500. The van der Waals surface area contributed by atoms with E-state index in [1.165, 1.54) is 0 Å². The van der Waals surface area contributed by atoms with Gasteiger partial charge >= 0.3 is 5.97 Å². The van der Waals surface area contributed by atoms with Crippen LogP contribution in [0.3, 0.4) is 0 Å². The molecule has 0 amide bonds. The van der Waals surface area contributed by atoms with E-state index in [1.807, 2.05) is 0 Å². The lowest BCUT2D eigenvalue weighted by atomic mass is 10.1. The summed E-state index contributed by atoms with van der Waals surface area (Å²) in [6.07, 6.45) is -0.0655. The van der Waals surface area contributed by atoms with Crippen LogP contribution < -0.4 is 0 Å². The molecule has 0 saturated heterocycles. The first-order chi connectivity index (χ1) is 7.71. The zero-order valence-corrected chi connectivity index (χ0v) is 11.0. The lowest BCUT2D eigenvalue weighted by molar-refractivity contribution is -0.149. The van der Waals surface area contributed by atoms with Crippen LogP contribution in [-0.4, -0.2) is 22.6 Å². The van der Waals surface area contributed by atoms with Gasteiger partial charge in [-0.05, 0) is 20.8 Å². The summed E-state index contributed by atoms with van der Waals surface area (Å²) in [5.41, 5.74) is -0.491. The Morgan fingerprint density at radius 2 is 2.06 bits per heavy atom. The SMILES string of the molecule is C=C(CC(C#N)=C(O)CCl)C(=O)OC(C)(C)C. The van der Waals surface area contributed by atoms with Crippen LogP contribution in [0.5, 0.6) is 0 Å². The van der Waals surface area contributed by atoms with Gasteiger partial charge in [-0.15, -0.1) is 11.6 Å². The van der Waals surface area contributed by atoms with E-state index in [4.69, 9.17) is 21.6 Å². The Morgan fingerprint density at radius 1 is 1.53 bits per heavy atom. The molecule has 0 aliphatic heterocycles. The standard InChI is InChI=1S/C12H16ClNO3/c1-8(11(16)17-12(2,3)4)5-9(7-14)10(15)6-13/h15H,1,5-6H2,2-4H3. The highest BCUT2D eigenvalue weighted by atomic mass is 35.5. The van der Waals surface area contributed by atoms with Gasteiger partial charge in [0, 0.05) is 12.0 Å². The fourth-order valence-corrected chi connectivity index (χ4v) is 1.08. The second-order valence-corrected chi connectivity index (χ2v) is 4.72. The van der Waals surface area contributed by atoms with Crippen molar-refractivity contribution in [2.24, 2.45) is 0 Å². The molecule has 5 heteroatoms. The largest absolute Gasteiger partial charge is 0.510 e. The van der Waals surface area contributed by atoms with Gasteiger partial charge in [-0.3, -0.25) is 0 Å². The summed E-state index contributed by atoms with van der Waals surface area (Å²) in [6, 6.07) is 1.78. The molecule has 1 N–H and O–H groups in total. The van der Waals surface area contributed by atoms with Crippen LogP contribution in [-0.2, 0) is 9.53 Å². The van der Waals surface area contributed by atoms with Crippen molar-refractivity contribution in [3.05, 3.63) is 23.5 Å². The molecule has 0 aliphatic carbocycles. The smallest absolute Gasteiger partial charge is 0.334 e. The van der Waals surface area contributed by atoms with Crippen LogP contribution in [0.15, 0.2) is 23.5 Å². The van der Waals surface area contributed by atoms with Gasteiger partial charge in [0.05, 0.1) is 17.5 Å². The number of halogens is 1. The van der Waals surface area contributed by atoms with E-state index in [1.54, 1.807) is 26.8 Å². The lowest BCUT2D eigenvalue weighted by Gasteiger charge is -2.20. The molecule has 4 nitrogen and oxygen atoms in total. The molecule has 0 rings (SSSR count). The number of hydrogen-bond acceptors (Lipinski definition) is 4. The van der Waals surface area contributed by atoms with Crippen LogP contribution in [0.1, 0.15) is 27.2 Å². The highest BCUT2D eigenvalue weighted by molar-refractivity contribution is 6.19. The van der Waals surface area contributed by atoms with E-state index in [0.29, 0.717) is 0 Å². The Kier molecular flexibility index (Phi) is 5.77. The first-order valence-corrected chi connectivity index (χ1v) is 5.53. The summed E-state index contributed by atoms with van der Waals surface area (Å²) in [5, 5.41) is 18.1. The van der Waals surface area contributed by atoms with Gasteiger partial charge in [0.25, 0.3) is 0 Å². The minimum absolute atomic E-state index is 0.0239. The van der Waals surface area contributed by atoms with Gasteiger partial charge < -0.3 is 9.84 Å². The number of nitrogens with zero attached hydrogens (tertiary/aromatic N) is 1. The summed E-state index contributed by atoms with van der Waals surface area (Å²) in [6.45, 7) is 8.72.